The first-order valence-electron chi connectivity index (χ1n) is 13.6. The van der Waals surface area contributed by atoms with Gasteiger partial charge in [0.25, 0.3) is 0 Å². The zero-order chi connectivity index (χ0) is 29.3. The minimum atomic E-state index is -1.14. The lowest BCUT2D eigenvalue weighted by atomic mass is 9.88. The van der Waals surface area contributed by atoms with Gasteiger partial charge in [-0.3, -0.25) is 19.7 Å². The van der Waals surface area contributed by atoms with Crippen LogP contribution in [0, 0.1) is 5.41 Å². The molecule has 3 amide bonds. The summed E-state index contributed by atoms with van der Waals surface area (Å²) in [5.74, 6) is -2.17. The number of benzene rings is 1. The van der Waals surface area contributed by atoms with Crippen molar-refractivity contribution in [1.82, 2.24) is 20.9 Å². The van der Waals surface area contributed by atoms with Crippen LogP contribution in [0.2, 0.25) is 0 Å². The standard InChI is InChI=1S/C29H40N4O6S/c1-29(2,3)12-10-22(28(38)39)31-26(36)23(15-20-11-14-40-17-20)32-27(37)24(16-19-6-8-21(35)9-7-19)33(18-34)25-5-4-13-30-25/h6-9,11,14,17-18,22-25,30,35H,4-5,10,12-13,15-16H2,1-3H3,(H,31,36)(H,32,37)(H,38,39)/t22-,23-,24-,25-/m0/s1. The molecule has 1 aliphatic rings. The van der Waals surface area contributed by atoms with E-state index in [0.717, 1.165) is 24.1 Å². The van der Waals surface area contributed by atoms with E-state index in [1.165, 1.54) is 28.4 Å². The number of hydrogen-bond acceptors (Lipinski definition) is 7. The third-order valence-corrected chi connectivity index (χ3v) is 7.73. The van der Waals surface area contributed by atoms with E-state index in [9.17, 15) is 29.4 Å². The molecule has 2 heterocycles. The molecule has 10 nitrogen and oxygen atoms in total. The van der Waals surface area contributed by atoms with Crippen molar-refractivity contribution >= 4 is 35.5 Å². The number of hydrogen-bond donors (Lipinski definition) is 5. The average molecular weight is 573 g/mol. The van der Waals surface area contributed by atoms with Gasteiger partial charge in [-0.25, -0.2) is 4.79 Å². The number of nitrogens with one attached hydrogen (secondary N) is 3. The van der Waals surface area contributed by atoms with E-state index in [4.69, 9.17) is 0 Å². The Labute approximate surface area is 239 Å². The SMILES string of the molecule is CC(C)(C)CC[C@H](NC(=O)[C@H](Cc1ccsc1)NC(=O)[C@H](Cc1ccc(O)cc1)N(C=O)[C@H]1CCCN1)C(=O)O. The van der Waals surface area contributed by atoms with E-state index < -0.39 is 35.9 Å². The van der Waals surface area contributed by atoms with E-state index in [1.807, 2.05) is 37.6 Å². The van der Waals surface area contributed by atoms with Gasteiger partial charge in [-0.15, -0.1) is 0 Å². The first-order chi connectivity index (χ1) is 19.0. The Morgan fingerprint density at radius 1 is 1.07 bits per heavy atom. The predicted molar refractivity (Wildman–Crippen MR) is 153 cm³/mol. The molecule has 0 saturated carbocycles. The number of aliphatic carboxylic acids is 1. The molecule has 0 bridgehead atoms. The fourth-order valence-corrected chi connectivity index (χ4v) is 5.38. The Morgan fingerprint density at radius 2 is 1.77 bits per heavy atom. The molecule has 3 rings (SSSR count). The molecule has 0 spiro atoms. The molecule has 1 aliphatic heterocycles. The highest BCUT2D eigenvalue weighted by atomic mass is 32.1. The summed E-state index contributed by atoms with van der Waals surface area (Å²) < 4.78 is 0. The first-order valence-corrected chi connectivity index (χ1v) is 14.5. The number of carboxylic acid groups (broad SMARTS) is 1. The monoisotopic (exact) mass is 572 g/mol. The number of amides is 3. The predicted octanol–water partition coefficient (Wildman–Crippen LogP) is 2.66. The Morgan fingerprint density at radius 3 is 2.33 bits per heavy atom. The summed E-state index contributed by atoms with van der Waals surface area (Å²) in [6.45, 7) is 6.72. The van der Waals surface area contributed by atoms with E-state index in [0.29, 0.717) is 19.3 Å². The maximum Gasteiger partial charge on any atom is 0.326 e. The first kappa shape index (κ1) is 31.1. The van der Waals surface area contributed by atoms with Gasteiger partial charge in [0.2, 0.25) is 18.2 Å². The normalized spacial score (nSPS) is 17.4. The topological polar surface area (TPSA) is 148 Å². The molecule has 1 aromatic carbocycles. The zero-order valence-corrected chi connectivity index (χ0v) is 24.1. The van der Waals surface area contributed by atoms with Gasteiger partial charge in [0.1, 0.15) is 23.9 Å². The second-order valence-corrected chi connectivity index (χ2v) is 12.2. The van der Waals surface area contributed by atoms with Gasteiger partial charge in [-0.05, 0) is 77.7 Å². The molecule has 0 radical (unpaired) electrons. The number of rotatable bonds is 14. The highest BCUT2D eigenvalue weighted by Gasteiger charge is 2.35. The Kier molecular flexibility index (Phi) is 11.1. The molecule has 40 heavy (non-hydrogen) atoms. The van der Waals surface area contributed by atoms with Crippen LogP contribution in [-0.2, 0) is 32.0 Å². The molecule has 11 heteroatoms. The summed E-state index contributed by atoms with van der Waals surface area (Å²) >= 11 is 1.45. The second kappa shape index (κ2) is 14.3. The molecule has 4 atom stereocenters. The summed E-state index contributed by atoms with van der Waals surface area (Å²) in [5.41, 5.74) is 1.44. The quantitative estimate of drug-likeness (QED) is 0.219. The van der Waals surface area contributed by atoms with Crippen molar-refractivity contribution < 1.29 is 29.4 Å². The average Bonchev–Trinajstić information content (AvgIpc) is 3.61. The second-order valence-electron chi connectivity index (χ2n) is 11.4. The van der Waals surface area contributed by atoms with E-state index >= 15 is 0 Å². The number of carboxylic acids is 1. The number of phenolic OH excluding ortho intramolecular Hbond substituents is 1. The van der Waals surface area contributed by atoms with Crippen molar-refractivity contribution in [2.45, 2.75) is 83.6 Å². The summed E-state index contributed by atoms with van der Waals surface area (Å²) in [7, 11) is 0. The Bertz CT molecular complexity index is 1130. The number of thiophene rings is 1. The van der Waals surface area contributed by atoms with Crippen LogP contribution in [0.3, 0.4) is 0 Å². The van der Waals surface area contributed by atoms with Crippen molar-refractivity contribution in [3.05, 3.63) is 52.2 Å². The van der Waals surface area contributed by atoms with Gasteiger partial charge in [0.05, 0.1) is 6.17 Å². The number of aromatic hydroxyl groups is 1. The van der Waals surface area contributed by atoms with E-state index in [-0.39, 0.29) is 36.6 Å². The third-order valence-electron chi connectivity index (χ3n) is 6.99. The maximum atomic E-state index is 13.8. The number of phenols is 1. The number of carbonyl (C=O) groups excluding carboxylic acids is 3. The van der Waals surface area contributed by atoms with Gasteiger partial charge >= 0.3 is 5.97 Å². The lowest BCUT2D eigenvalue weighted by Gasteiger charge is -2.33. The van der Waals surface area contributed by atoms with Gasteiger partial charge < -0.3 is 25.7 Å². The smallest absolute Gasteiger partial charge is 0.326 e. The minimum absolute atomic E-state index is 0.0846. The van der Waals surface area contributed by atoms with Crippen LogP contribution in [0.5, 0.6) is 5.75 Å². The van der Waals surface area contributed by atoms with Crippen LogP contribution in [0.25, 0.3) is 0 Å². The molecule has 1 aromatic heterocycles. The maximum absolute atomic E-state index is 13.8. The number of nitrogens with zero attached hydrogens (tertiary/aromatic N) is 1. The Balaban J connectivity index is 1.84. The molecule has 0 aliphatic carbocycles. The fourth-order valence-electron chi connectivity index (χ4n) is 4.70. The lowest BCUT2D eigenvalue weighted by molar-refractivity contribution is -0.143. The summed E-state index contributed by atoms with van der Waals surface area (Å²) in [4.78, 5) is 52.9. The van der Waals surface area contributed by atoms with Crippen molar-refractivity contribution in [1.29, 1.82) is 0 Å². The van der Waals surface area contributed by atoms with E-state index in [2.05, 4.69) is 16.0 Å². The van der Waals surface area contributed by atoms with Crippen LogP contribution < -0.4 is 16.0 Å². The fraction of sp³-hybridized carbons (Fsp3) is 0.517. The molecular weight excluding hydrogens is 532 g/mol. The number of carbonyl (C=O) groups is 4. The van der Waals surface area contributed by atoms with Crippen molar-refractivity contribution in [3.63, 3.8) is 0 Å². The van der Waals surface area contributed by atoms with Gasteiger partial charge in [-0.1, -0.05) is 32.9 Å². The largest absolute Gasteiger partial charge is 0.508 e. The lowest BCUT2D eigenvalue weighted by Crippen LogP contribution is -2.59. The Hall–Kier alpha value is -3.44. The summed E-state index contributed by atoms with van der Waals surface area (Å²) in [6.07, 6.45) is 3.03. The minimum Gasteiger partial charge on any atom is -0.508 e. The van der Waals surface area contributed by atoms with Crippen LogP contribution in [-0.4, -0.2) is 70.1 Å². The molecule has 2 aromatic rings. The highest BCUT2D eigenvalue weighted by Crippen LogP contribution is 2.22. The van der Waals surface area contributed by atoms with Crippen LogP contribution in [0.4, 0.5) is 0 Å². The molecular formula is C29H40N4O6S. The molecule has 5 N–H and O–H groups in total. The third kappa shape index (κ3) is 9.34. The molecule has 218 valence electrons. The summed E-state index contributed by atoms with van der Waals surface area (Å²) in [6, 6.07) is 5.15. The van der Waals surface area contributed by atoms with Crippen LogP contribution in [0.15, 0.2) is 41.1 Å². The summed E-state index contributed by atoms with van der Waals surface area (Å²) in [5, 5.41) is 31.9. The molecule has 1 saturated heterocycles. The van der Waals surface area contributed by atoms with Crippen molar-refractivity contribution in [2.24, 2.45) is 5.41 Å². The van der Waals surface area contributed by atoms with Crippen molar-refractivity contribution in [2.75, 3.05) is 6.54 Å². The molecule has 0 unspecified atom stereocenters. The molecule has 1 fully saturated rings. The van der Waals surface area contributed by atoms with Crippen molar-refractivity contribution in [3.8, 4) is 5.75 Å². The highest BCUT2D eigenvalue weighted by molar-refractivity contribution is 7.07. The zero-order valence-electron chi connectivity index (χ0n) is 23.3. The van der Waals surface area contributed by atoms with Gasteiger partial charge in [0, 0.05) is 12.8 Å². The van der Waals surface area contributed by atoms with E-state index in [1.54, 1.807) is 12.1 Å². The van der Waals surface area contributed by atoms with Gasteiger partial charge in [0.15, 0.2) is 0 Å². The van der Waals surface area contributed by atoms with Crippen LogP contribution in [0.1, 0.15) is 57.6 Å². The van der Waals surface area contributed by atoms with Crippen LogP contribution >= 0.6 is 11.3 Å². The van der Waals surface area contributed by atoms with Gasteiger partial charge in [-0.2, -0.15) is 11.3 Å².